The third-order valence-corrected chi connectivity index (χ3v) is 4.38. The Kier molecular flexibility index (Phi) is 2.15. The van der Waals surface area contributed by atoms with E-state index in [1.807, 2.05) is 6.07 Å². The molecule has 23 heavy (non-hydrogen) atoms. The van der Waals surface area contributed by atoms with E-state index >= 15 is 0 Å². The van der Waals surface area contributed by atoms with Crippen molar-refractivity contribution in [1.29, 1.82) is 0 Å². The molecule has 2 aliphatic heterocycles. The van der Waals surface area contributed by atoms with Crippen molar-refractivity contribution < 1.29 is 24.1 Å². The second-order valence-electron chi connectivity index (χ2n) is 5.50. The third-order valence-electron chi connectivity index (χ3n) is 4.38. The van der Waals surface area contributed by atoms with E-state index in [2.05, 4.69) is 5.32 Å². The first-order valence-electron chi connectivity index (χ1n) is 7.09. The van der Waals surface area contributed by atoms with Crippen molar-refractivity contribution in [3.63, 3.8) is 0 Å². The summed E-state index contributed by atoms with van der Waals surface area (Å²) in [5.41, 5.74) is 1.20. The van der Waals surface area contributed by atoms with E-state index in [-0.39, 0.29) is 18.4 Å². The molecular weight excluding hydrogens is 298 g/mol. The number of benzene rings is 3. The highest BCUT2D eigenvalue weighted by Gasteiger charge is 2.30. The van der Waals surface area contributed by atoms with Crippen molar-refractivity contribution in [2.45, 2.75) is 0 Å². The molecule has 2 N–H and O–H groups in total. The molecular formula is C17H11NO5. The fourth-order valence-electron chi connectivity index (χ4n) is 3.38. The van der Waals surface area contributed by atoms with Gasteiger partial charge >= 0.3 is 0 Å². The average Bonchev–Trinajstić information content (AvgIpc) is 3.14. The van der Waals surface area contributed by atoms with Crippen molar-refractivity contribution in [2.24, 2.45) is 0 Å². The highest BCUT2D eigenvalue weighted by atomic mass is 16.7. The Labute approximate surface area is 130 Å². The Morgan fingerprint density at radius 1 is 1.17 bits per heavy atom. The molecule has 1 amide bonds. The van der Waals surface area contributed by atoms with E-state index < -0.39 is 0 Å². The zero-order valence-corrected chi connectivity index (χ0v) is 12.1. The maximum Gasteiger partial charge on any atom is 0.256 e. The van der Waals surface area contributed by atoms with E-state index in [9.17, 15) is 9.90 Å². The Bertz CT molecular complexity index is 1040. The number of fused-ring (bicyclic) bond motifs is 4. The smallest absolute Gasteiger partial charge is 0.256 e. The van der Waals surface area contributed by atoms with Crippen molar-refractivity contribution in [1.82, 2.24) is 0 Å². The van der Waals surface area contributed by atoms with Crippen LogP contribution in [0.1, 0.15) is 10.4 Å². The van der Waals surface area contributed by atoms with Crippen molar-refractivity contribution in [2.75, 3.05) is 19.2 Å². The lowest BCUT2D eigenvalue weighted by molar-refractivity contribution is 0.103. The van der Waals surface area contributed by atoms with Crippen molar-refractivity contribution in [3.8, 4) is 23.0 Å². The molecule has 6 nitrogen and oxygen atoms in total. The Morgan fingerprint density at radius 3 is 2.87 bits per heavy atom. The topological polar surface area (TPSA) is 77.0 Å². The molecule has 2 heterocycles. The van der Waals surface area contributed by atoms with Crippen LogP contribution in [0.25, 0.3) is 21.5 Å². The third kappa shape index (κ3) is 1.40. The predicted octanol–water partition coefficient (Wildman–Crippen LogP) is 3.00. The zero-order valence-electron chi connectivity index (χ0n) is 12.1. The number of ether oxygens (including phenoxy) is 3. The molecule has 0 bridgehead atoms. The Hall–Kier alpha value is -3.15. The minimum absolute atomic E-state index is 0.0300. The molecule has 0 saturated carbocycles. The molecule has 0 spiro atoms. The summed E-state index contributed by atoms with van der Waals surface area (Å²) in [5.74, 6) is 1.35. The molecule has 114 valence electrons. The monoisotopic (exact) mass is 309 g/mol. The highest BCUT2D eigenvalue weighted by Crippen LogP contribution is 2.51. The van der Waals surface area contributed by atoms with Gasteiger partial charge in [0.25, 0.3) is 5.91 Å². The number of amides is 1. The number of carbonyl (C=O) groups excluding carboxylic acids is 1. The molecule has 0 unspecified atom stereocenters. The van der Waals surface area contributed by atoms with Gasteiger partial charge in [-0.1, -0.05) is 0 Å². The maximum absolute atomic E-state index is 12.2. The van der Waals surface area contributed by atoms with Crippen LogP contribution in [0, 0.1) is 0 Å². The van der Waals surface area contributed by atoms with Gasteiger partial charge in [0.05, 0.1) is 18.4 Å². The summed E-state index contributed by atoms with van der Waals surface area (Å²) < 4.78 is 16.2. The van der Waals surface area contributed by atoms with Gasteiger partial charge in [0, 0.05) is 16.2 Å². The largest absolute Gasteiger partial charge is 0.504 e. The number of methoxy groups -OCH3 is 1. The van der Waals surface area contributed by atoms with Gasteiger partial charge in [-0.25, -0.2) is 0 Å². The van der Waals surface area contributed by atoms with Crippen LogP contribution in [0.4, 0.5) is 5.69 Å². The Balaban J connectivity index is 2.05. The van der Waals surface area contributed by atoms with E-state index in [0.717, 1.165) is 16.2 Å². The number of hydrogen-bond donors (Lipinski definition) is 2. The molecule has 0 saturated heterocycles. The molecule has 6 heteroatoms. The van der Waals surface area contributed by atoms with Crippen LogP contribution >= 0.6 is 0 Å². The molecule has 2 aliphatic rings. The minimum Gasteiger partial charge on any atom is -0.504 e. The van der Waals surface area contributed by atoms with Gasteiger partial charge in [-0.3, -0.25) is 4.79 Å². The molecule has 5 rings (SSSR count). The summed E-state index contributed by atoms with van der Waals surface area (Å²) in [5, 5.41) is 16.2. The van der Waals surface area contributed by atoms with Gasteiger partial charge in [0.2, 0.25) is 6.79 Å². The molecule has 0 atom stereocenters. The van der Waals surface area contributed by atoms with Crippen molar-refractivity contribution in [3.05, 3.63) is 29.8 Å². The molecule has 3 aromatic carbocycles. The number of hydrogen-bond acceptors (Lipinski definition) is 5. The summed E-state index contributed by atoms with van der Waals surface area (Å²) >= 11 is 0. The van der Waals surface area contributed by atoms with E-state index in [0.29, 0.717) is 33.9 Å². The SMILES string of the molecule is COc1ccc2c(cc3c4c(cc5c(c42)OCO5)C(=O)N3)c1O. The first kappa shape index (κ1) is 12.4. The lowest BCUT2D eigenvalue weighted by atomic mass is 9.96. The summed E-state index contributed by atoms with van der Waals surface area (Å²) in [6.07, 6.45) is 0. The lowest BCUT2D eigenvalue weighted by Crippen LogP contribution is -2.04. The minimum atomic E-state index is -0.190. The second-order valence-corrected chi connectivity index (χ2v) is 5.50. The van der Waals surface area contributed by atoms with Gasteiger partial charge in [-0.15, -0.1) is 0 Å². The van der Waals surface area contributed by atoms with Crippen LogP contribution in [0.5, 0.6) is 23.0 Å². The van der Waals surface area contributed by atoms with Crippen LogP contribution < -0.4 is 19.5 Å². The summed E-state index contributed by atoms with van der Waals surface area (Å²) in [6.45, 7) is 0.114. The van der Waals surface area contributed by atoms with Crippen LogP contribution in [0.15, 0.2) is 24.3 Å². The number of rotatable bonds is 1. The van der Waals surface area contributed by atoms with Gasteiger partial charge in [-0.05, 0) is 29.7 Å². The lowest BCUT2D eigenvalue weighted by Gasteiger charge is -2.12. The van der Waals surface area contributed by atoms with Gasteiger partial charge in [0.15, 0.2) is 23.0 Å². The summed E-state index contributed by atoms with van der Waals surface area (Å²) in [4.78, 5) is 12.2. The number of phenols is 1. The number of phenolic OH excluding ortho intramolecular Hbond substituents is 1. The zero-order chi connectivity index (χ0) is 15.7. The number of anilines is 1. The molecule has 0 radical (unpaired) electrons. The number of aromatic hydroxyl groups is 1. The highest BCUT2D eigenvalue weighted by molar-refractivity contribution is 6.31. The molecule has 0 aliphatic carbocycles. The van der Waals surface area contributed by atoms with E-state index in [1.54, 1.807) is 18.2 Å². The summed E-state index contributed by atoms with van der Waals surface area (Å²) in [7, 11) is 1.50. The fourth-order valence-corrected chi connectivity index (χ4v) is 3.38. The second kappa shape index (κ2) is 3.98. The first-order valence-corrected chi connectivity index (χ1v) is 7.09. The average molecular weight is 309 g/mol. The van der Waals surface area contributed by atoms with Crippen LogP contribution in [0.3, 0.4) is 0 Å². The van der Waals surface area contributed by atoms with Crippen LogP contribution in [0.2, 0.25) is 0 Å². The van der Waals surface area contributed by atoms with E-state index in [1.165, 1.54) is 7.11 Å². The first-order chi connectivity index (χ1) is 11.2. The predicted molar refractivity (Wildman–Crippen MR) is 83.7 cm³/mol. The summed E-state index contributed by atoms with van der Waals surface area (Å²) in [6, 6.07) is 7.00. The Morgan fingerprint density at radius 2 is 2.04 bits per heavy atom. The van der Waals surface area contributed by atoms with Crippen LogP contribution in [-0.2, 0) is 0 Å². The number of carbonyl (C=O) groups is 1. The maximum atomic E-state index is 12.2. The van der Waals surface area contributed by atoms with Gasteiger partial charge in [-0.2, -0.15) is 0 Å². The van der Waals surface area contributed by atoms with Gasteiger partial charge < -0.3 is 24.6 Å². The van der Waals surface area contributed by atoms with E-state index in [4.69, 9.17) is 14.2 Å². The standard InChI is InChI=1S/C17H11NO5/c1-21-11-3-2-7-8(15(11)19)4-10-13-9(17(20)18-10)5-12-16(14(7)13)23-6-22-12/h2-5,19H,6H2,1H3,(H,18,20). The van der Waals surface area contributed by atoms with Crippen LogP contribution in [-0.4, -0.2) is 24.9 Å². The van der Waals surface area contributed by atoms with Gasteiger partial charge in [0.1, 0.15) is 0 Å². The molecule has 0 fully saturated rings. The molecule has 0 aromatic heterocycles. The quantitative estimate of drug-likeness (QED) is 0.676. The van der Waals surface area contributed by atoms with Crippen molar-refractivity contribution >= 4 is 33.1 Å². The normalized spacial score (nSPS) is 14.6. The number of nitrogens with one attached hydrogen (secondary N) is 1. The molecule has 3 aromatic rings. The fraction of sp³-hybridized carbons (Fsp3) is 0.118.